The van der Waals surface area contributed by atoms with E-state index in [4.69, 9.17) is 0 Å². The zero-order chi connectivity index (χ0) is 11.5. The molecule has 1 aliphatic carbocycles. The lowest BCUT2D eigenvalue weighted by Crippen LogP contribution is -2.30. The van der Waals surface area contributed by atoms with Crippen LogP contribution < -0.4 is 5.32 Å². The standard InChI is InChI=1S/C13H22N2S/c1-4-11-8-16-13(14-11)15-12-6-9(2)5-10(3)7-12/h8-10,12H,4-7H2,1-3H3,(H,14,15). The Kier molecular flexibility index (Phi) is 3.85. The molecule has 0 aromatic carbocycles. The Morgan fingerprint density at radius 1 is 1.31 bits per heavy atom. The highest BCUT2D eigenvalue weighted by Crippen LogP contribution is 2.31. The lowest BCUT2D eigenvalue weighted by molar-refractivity contribution is 0.281. The SMILES string of the molecule is CCc1csc(NC2CC(C)CC(C)C2)n1. The minimum absolute atomic E-state index is 0.634. The van der Waals surface area contributed by atoms with E-state index < -0.39 is 0 Å². The van der Waals surface area contributed by atoms with Gasteiger partial charge in [-0.05, 0) is 37.5 Å². The number of hydrogen-bond acceptors (Lipinski definition) is 3. The summed E-state index contributed by atoms with van der Waals surface area (Å²) in [6.07, 6.45) is 5.02. The van der Waals surface area contributed by atoms with Crippen LogP contribution in [0.15, 0.2) is 5.38 Å². The summed E-state index contributed by atoms with van der Waals surface area (Å²) in [4.78, 5) is 4.58. The van der Waals surface area contributed by atoms with Crippen LogP contribution in [0.3, 0.4) is 0 Å². The second-order valence-corrected chi connectivity index (χ2v) is 6.11. The first kappa shape index (κ1) is 11.9. The molecule has 90 valence electrons. The van der Waals surface area contributed by atoms with Gasteiger partial charge in [-0.2, -0.15) is 0 Å². The smallest absolute Gasteiger partial charge is 0.183 e. The van der Waals surface area contributed by atoms with Gasteiger partial charge >= 0.3 is 0 Å². The fraction of sp³-hybridized carbons (Fsp3) is 0.769. The number of aromatic nitrogens is 1. The summed E-state index contributed by atoms with van der Waals surface area (Å²) < 4.78 is 0. The molecule has 1 fully saturated rings. The summed E-state index contributed by atoms with van der Waals surface area (Å²) in [6, 6.07) is 0.634. The average Bonchev–Trinajstić information content (AvgIpc) is 2.64. The number of anilines is 1. The molecule has 0 saturated heterocycles. The van der Waals surface area contributed by atoms with Gasteiger partial charge in [0.25, 0.3) is 0 Å². The molecule has 2 atom stereocenters. The lowest BCUT2D eigenvalue weighted by Gasteiger charge is -2.31. The van der Waals surface area contributed by atoms with Crippen LogP contribution in [-0.4, -0.2) is 11.0 Å². The van der Waals surface area contributed by atoms with Crippen molar-refractivity contribution in [1.29, 1.82) is 0 Å². The number of nitrogens with zero attached hydrogens (tertiary/aromatic N) is 1. The van der Waals surface area contributed by atoms with Gasteiger partial charge in [0.1, 0.15) is 0 Å². The molecule has 1 saturated carbocycles. The summed E-state index contributed by atoms with van der Waals surface area (Å²) in [7, 11) is 0. The molecule has 16 heavy (non-hydrogen) atoms. The molecular weight excluding hydrogens is 216 g/mol. The zero-order valence-corrected chi connectivity index (χ0v) is 11.3. The Bertz CT molecular complexity index is 324. The van der Waals surface area contributed by atoms with Crippen LogP contribution in [0.5, 0.6) is 0 Å². The number of nitrogens with one attached hydrogen (secondary N) is 1. The number of hydrogen-bond donors (Lipinski definition) is 1. The van der Waals surface area contributed by atoms with E-state index in [-0.39, 0.29) is 0 Å². The van der Waals surface area contributed by atoms with E-state index in [0.717, 1.165) is 23.4 Å². The van der Waals surface area contributed by atoms with Crippen molar-refractivity contribution in [2.75, 3.05) is 5.32 Å². The van der Waals surface area contributed by atoms with Gasteiger partial charge in [-0.15, -0.1) is 11.3 Å². The highest BCUT2D eigenvalue weighted by atomic mass is 32.1. The Balaban J connectivity index is 1.93. The molecule has 1 N–H and O–H groups in total. The van der Waals surface area contributed by atoms with E-state index in [1.54, 1.807) is 11.3 Å². The molecule has 2 unspecified atom stereocenters. The van der Waals surface area contributed by atoms with E-state index in [0.29, 0.717) is 6.04 Å². The Morgan fingerprint density at radius 3 is 2.56 bits per heavy atom. The highest BCUT2D eigenvalue weighted by molar-refractivity contribution is 7.13. The van der Waals surface area contributed by atoms with Gasteiger partial charge in [0, 0.05) is 11.4 Å². The molecule has 1 heterocycles. The molecule has 2 rings (SSSR count). The first-order valence-electron chi connectivity index (χ1n) is 6.38. The number of thiazole rings is 1. The molecular formula is C13H22N2S. The maximum absolute atomic E-state index is 4.58. The van der Waals surface area contributed by atoms with Crippen LogP contribution in [0.1, 0.15) is 45.7 Å². The monoisotopic (exact) mass is 238 g/mol. The van der Waals surface area contributed by atoms with Crippen molar-refractivity contribution in [2.45, 2.75) is 52.5 Å². The summed E-state index contributed by atoms with van der Waals surface area (Å²) in [5.74, 6) is 1.71. The van der Waals surface area contributed by atoms with Crippen LogP contribution in [0.4, 0.5) is 5.13 Å². The number of aryl methyl sites for hydroxylation is 1. The van der Waals surface area contributed by atoms with Gasteiger partial charge in [-0.1, -0.05) is 20.8 Å². The largest absolute Gasteiger partial charge is 0.359 e. The van der Waals surface area contributed by atoms with Crippen molar-refractivity contribution in [1.82, 2.24) is 4.98 Å². The molecule has 0 radical (unpaired) electrons. The van der Waals surface area contributed by atoms with Gasteiger partial charge in [0.2, 0.25) is 0 Å². The molecule has 1 aromatic heterocycles. The molecule has 0 spiro atoms. The third kappa shape index (κ3) is 2.97. The van der Waals surface area contributed by atoms with Crippen molar-refractivity contribution in [3.8, 4) is 0 Å². The van der Waals surface area contributed by atoms with E-state index >= 15 is 0 Å². The molecule has 2 nitrogen and oxygen atoms in total. The Hall–Kier alpha value is -0.570. The third-order valence-corrected chi connectivity index (χ3v) is 4.24. The third-order valence-electron chi connectivity index (χ3n) is 3.42. The van der Waals surface area contributed by atoms with Gasteiger partial charge < -0.3 is 5.32 Å². The van der Waals surface area contributed by atoms with E-state index in [9.17, 15) is 0 Å². The van der Waals surface area contributed by atoms with Crippen LogP contribution in [0.25, 0.3) is 0 Å². The lowest BCUT2D eigenvalue weighted by atomic mass is 9.80. The van der Waals surface area contributed by atoms with E-state index in [1.165, 1.54) is 25.0 Å². The van der Waals surface area contributed by atoms with Crippen LogP contribution in [0.2, 0.25) is 0 Å². The molecule has 0 bridgehead atoms. The Labute approximate surface area is 102 Å². The van der Waals surface area contributed by atoms with Gasteiger partial charge in [-0.25, -0.2) is 4.98 Å². The molecule has 0 amide bonds. The van der Waals surface area contributed by atoms with E-state index in [2.05, 4.69) is 36.5 Å². The summed E-state index contributed by atoms with van der Waals surface area (Å²) in [6.45, 7) is 6.89. The maximum atomic E-state index is 4.58. The van der Waals surface area contributed by atoms with Crippen molar-refractivity contribution in [3.63, 3.8) is 0 Å². The first-order valence-corrected chi connectivity index (χ1v) is 7.26. The molecule has 1 aliphatic rings. The van der Waals surface area contributed by atoms with Crippen molar-refractivity contribution < 1.29 is 0 Å². The minimum Gasteiger partial charge on any atom is -0.359 e. The van der Waals surface area contributed by atoms with Gasteiger partial charge in [-0.3, -0.25) is 0 Å². The van der Waals surface area contributed by atoms with Gasteiger partial charge in [0.15, 0.2) is 5.13 Å². The molecule has 3 heteroatoms. The zero-order valence-electron chi connectivity index (χ0n) is 10.5. The Morgan fingerprint density at radius 2 is 2.00 bits per heavy atom. The van der Waals surface area contributed by atoms with E-state index in [1.807, 2.05) is 0 Å². The highest BCUT2D eigenvalue weighted by Gasteiger charge is 2.24. The molecule has 1 aromatic rings. The second kappa shape index (κ2) is 5.17. The predicted octanol–water partition coefficient (Wildman–Crippen LogP) is 3.94. The fourth-order valence-corrected chi connectivity index (χ4v) is 3.65. The number of rotatable bonds is 3. The fourth-order valence-electron chi connectivity index (χ4n) is 2.78. The van der Waals surface area contributed by atoms with Crippen molar-refractivity contribution in [2.24, 2.45) is 11.8 Å². The maximum Gasteiger partial charge on any atom is 0.183 e. The predicted molar refractivity (Wildman–Crippen MR) is 71.1 cm³/mol. The quantitative estimate of drug-likeness (QED) is 0.862. The van der Waals surface area contributed by atoms with Crippen LogP contribution in [0, 0.1) is 11.8 Å². The summed E-state index contributed by atoms with van der Waals surface area (Å²) in [5.41, 5.74) is 1.21. The summed E-state index contributed by atoms with van der Waals surface area (Å²) >= 11 is 1.75. The minimum atomic E-state index is 0.634. The average molecular weight is 238 g/mol. The van der Waals surface area contributed by atoms with Crippen molar-refractivity contribution in [3.05, 3.63) is 11.1 Å². The molecule has 0 aliphatic heterocycles. The van der Waals surface area contributed by atoms with Crippen molar-refractivity contribution >= 4 is 16.5 Å². The second-order valence-electron chi connectivity index (χ2n) is 5.26. The van der Waals surface area contributed by atoms with Gasteiger partial charge in [0.05, 0.1) is 5.69 Å². The van der Waals surface area contributed by atoms with Crippen LogP contribution in [-0.2, 0) is 6.42 Å². The normalized spacial score (nSPS) is 30.3. The summed E-state index contributed by atoms with van der Waals surface area (Å²) in [5, 5.41) is 6.88. The topological polar surface area (TPSA) is 24.9 Å². The first-order chi connectivity index (χ1) is 7.67. The van der Waals surface area contributed by atoms with Crippen LogP contribution >= 0.6 is 11.3 Å².